The number of aliphatic hydroxyl groups excluding tert-OH is 1. The van der Waals surface area contributed by atoms with E-state index in [2.05, 4.69) is 33.9 Å². The Morgan fingerprint density at radius 1 is 1.10 bits per heavy atom. The fourth-order valence-corrected chi connectivity index (χ4v) is 4.88. The molecule has 0 radical (unpaired) electrons. The number of piperidine rings is 1. The van der Waals surface area contributed by atoms with Crippen LogP contribution in [0.4, 0.5) is 4.79 Å². The first-order valence-electron chi connectivity index (χ1n) is 11.0. The Labute approximate surface area is 183 Å². The van der Waals surface area contributed by atoms with Crippen LogP contribution in [-0.2, 0) is 18.7 Å². The van der Waals surface area contributed by atoms with Gasteiger partial charge in [-0.15, -0.1) is 0 Å². The maximum atomic E-state index is 13.0. The Morgan fingerprint density at radius 2 is 1.60 bits per heavy atom. The van der Waals surface area contributed by atoms with Gasteiger partial charge in [0.1, 0.15) is 5.60 Å². The first-order valence-corrected chi connectivity index (χ1v) is 13.9. The van der Waals surface area contributed by atoms with Crippen LogP contribution in [0.2, 0.25) is 18.1 Å². The molecule has 7 nitrogen and oxygen atoms in total. The lowest BCUT2D eigenvalue weighted by Crippen LogP contribution is -2.58. The highest BCUT2D eigenvalue weighted by Crippen LogP contribution is 2.42. The SMILES string of the molecule is CCOC(=O)C1(C(O)C(C)O[Si](C)(C)C(C)(C)C)CCN(C(=O)OC(C)(C)C)CC1. The molecule has 0 aromatic heterocycles. The molecular weight excluding hydrogens is 402 g/mol. The molecule has 0 aromatic rings. The molecule has 1 aliphatic rings. The lowest BCUT2D eigenvalue weighted by molar-refractivity contribution is -0.173. The van der Waals surface area contributed by atoms with E-state index in [1.165, 1.54) is 0 Å². The highest BCUT2D eigenvalue weighted by molar-refractivity contribution is 6.74. The molecule has 0 aliphatic carbocycles. The van der Waals surface area contributed by atoms with Crippen LogP contribution in [0.25, 0.3) is 0 Å². The van der Waals surface area contributed by atoms with E-state index in [4.69, 9.17) is 13.9 Å². The third-order valence-corrected chi connectivity index (χ3v) is 10.9. The molecule has 0 aromatic carbocycles. The number of nitrogens with zero attached hydrogens (tertiary/aromatic N) is 1. The lowest BCUT2D eigenvalue weighted by Gasteiger charge is -2.46. The maximum Gasteiger partial charge on any atom is 0.410 e. The molecule has 2 unspecified atom stereocenters. The van der Waals surface area contributed by atoms with Gasteiger partial charge in [-0.05, 0) is 65.6 Å². The molecule has 1 rings (SSSR count). The zero-order valence-electron chi connectivity index (χ0n) is 20.6. The van der Waals surface area contributed by atoms with E-state index < -0.39 is 43.6 Å². The lowest BCUT2D eigenvalue weighted by atomic mass is 9.72. The highest BCUT2D eigenvalue weighted by atomic mass is 28.4. The van der Waals surface area contributed by atoms with Crippen LogP contribution in [0.1, 0.15) is 68.2 Å². The molecule has 176 valence electrons. The zero-order valence-corrected chi connectivity index (χ0v) is 21.6. The van der Waals surface area contributed by atoms with E-state index in [9.17, 15) is 14.7 Å². The fourth-order valence-electron chi connectivity index (χ4n) is 3.47. The Bertz CT molecular complexity index is 600. The molecule has 0 bridgehead atoms. The standard InChI is InChI=1S/C22H43NO6Si/c1-11-27-18(25)22(17(24)16(2)29-30(9,10)21(6,7)8)12-14-23(15-13-22)19(26)28-20(3,4)5/h16-17,24H,11-15H2,1-10H3. The van der Waals surface area contributed by atoms with Gasteiger partial charge in [0.2, 0.25) is 0 Å². The summed E-state index contributed by atoms with van der Waals surface area (Å²) in [5.74, 6) is -0.424. The van der Waals surface area contributed by atoms with Crippen LogP contribution in [-0.4, -0.2) is 67.9 Å². The van der Waals surface area contributed by atoms with Crippen molar-refractivity contribution in [2.45, 2.75) is 104 Å². The van der Waals surface area contributed by atoms with Crippen LogP contribution in [0.5, 0.6) is 0 Å². The maximum absolute atomic E-state index is 13.0. The first kappa shape index (κ1) is 26.9. The van der Waals surface area contributed by atoms with Crippen LogP contribution in [0, 0.1) is 5.41 Å². The second kappa shape index (κ2) is 9.57. The summed E-state index contributed by atoms with van der Waals surface area (Å²) in [4.78, 5) is 27.0. The molecule has 1 fully saturated rings. The van der Waals surface area contributed by atoms with Crippen molar-refractivity contribution in [3.05, 3.63) is 0 Å². The normalized spacial score (nSPS) is 19.8. The molecule has 2 atom stereocenters. The molecular formula is C22H43NO6Si. The third-order valence-electron chi connectivity index (χ3n) is 6.29. The number of esters is 1. The number of aliphatic hydroxyl groups is 1. The minimum absolute atomic E-state index is 0.0157. The molecule has 1 saturated heterocycles. The van der Waals surface area contributed by atoms with Gasteiger partial charge in [-0.1, -0.05) is 20.8 Å². The number of rotatable bonds is 6. The molecule has 0 spiro atoms. The largest absolute Gasteiger partial charge is 0.465 e. The van der Waals surface area contributed by atoms with Crippen molar-refractivity contribution in [1.82, 2.24) is 4.90 Å². The van der Waals surface area contributed by atoms with E-state index in [0.29, 0.717) is 25.9 Å². The van der Waals surface area contributed by atoms with Gasteiger partial charge < -0.3 is 23.9 Å². The van der Waals surface area contributed by atoms with Crippen molar-refractivity contribution < 1.29 is 28.6 Å². The molecule has 1 N–H and O–H groups in total. The predicted octanol–water partition coefficient (Wildman–Crippen LogP) is 4.34. The Morgan fingerprint density at radius 3 is 2.00 bits per heavy atom. The second-order valence-corrected chi connectivity index (χ2v) is 15.6. The molecule has 1 amide bonds. The Balaban J connectivity index is 3.03. The van der Waals surface area contributed by atoms with Crippen LogP contribution >= 0.6 is 0 Å². The summed E-state index contributed by atoms with van der Waals surface area (Å²) in [7, 11) is -2.14. The van der Waals surface area contributed by atoms with E-state index in [1.807, 2.05) is 27.7 Å². The summed E-state index contributed by atoms with van der Waals surface area (Å²) in [5.41, 5.74) is -1.69. The van der Waals surface area contributed by atoms with Gasteiger partial charge in [0.05, 0.1) is 24.2 Å². The first-order chi connectivity index (χ1) is 13.5. The molecule has 1 heterocycles. The van der Waals surface area contributed by atoms with Gasteiger partial charge >= 0.3 is 12.1 Å². The monoisotopic (exact) mass is 445 g/mol. The average Bonchev–Trinajstić information content (AvgIpc) is 2.58. The number of ether oxygens (including phenoxy) is 2. The van der Waals surface area contributed by atoms with E-state index in [-0.39, 0.29) is 11.6 Å². The van der Waals surface area contributed by atoms with Gasteiger partial charge in [-0.25, -0.2) is 4.79 Å². The number of hydrogen-bond acceptors (Lipinski definition) is 6. The molecule has 8 heteroatoms. The van der Waals surface area contributed by atoms with Crippen molar-refractivity contribution in [3.8, 4) is 0 Å². The van der Waals surface area contributed by atoms with Crippen molar-refractivity contribution in [2.75, 3.05) is 19.7 Å². The Kier molecular flexibility index (Phi) is 8.58. The number of carbonyl (C=O) groups is 2. The quantitative estimate of drug-likeness (QED) is 0.484. The van der Waals surface area contributed by atoms with E-state index in [1.54, 1.807) is 11.8 Å². The topological polar surface area (TPSA) is 85.3 Å². The van der Waals surface area contributed by atoms with Gasteiger partial charge in [-0.2, -0.15) is 0 Å². The smallest absolute Gasteiger partial charge is 0.410 e. The summed E-state index contributed by atoms with van der Waals surface area (Å²) >= 11 is 0. The molecule has 0 saturated carbocycles. The highest BCUT2D eigenvalue weighted by Gasteiger charge is 2.52. The summed E-state index contributed by atoms with van der Waals surface area (Å²) in [6.45, 7) is 20.6. The molecule has 1 aliphatic heterocycles. The van der Waals surface area contributed by atoms with Gasteiger partial charge in [-0.3, -0.25) is 4.79 Å². The van der Waals surface area contributed by atoms with E-state index >= 15 is 0 Å². The van der Waals surface area contributed by atoms with Crippen LogP contribution < -0.4 is 0 Å². The van der Waals surface area contributed by atoms with Crippen LogP contribution in [0.15, 0.2) is 0 Å². The van der Waals surface area contributed by atoms with Crippen molar-refractivity contribution in [1.29, 1.82) is 0 Å². The van der Waals surface area contributed by atoms with Gasteiger partial charge in [0.25, 0.3) is 0 Å². The summed E-state index contributed by atoms with van der Waals surface area (Å²) in [6, 6.07) is 0. The van der Waals surface area contributed by atoms with Gasteiger partial charge in [0.15, 0.2) is 8.32 Å². The number of likely N-dealkylation sites (tertiary alicyclic amines) is 1. The summed E-state index contributed by atoms with van der Waals surface area (Å²) in [6.07, 6.45) is -1.34. The summed E-state index contributed by atoms with van der Waals surface area (Å²) < 4.78 is 17.2. The van der Waals surface area contributed by atoms with Crippen molar-refractivity contribution in [3.63, 3.8) is 0 Å². The minimum atomic E-state index is -2.14. The third kappa shape index (κ3) is 6.44. The Hall–Kier alpha value is -1.12. The molecule has 30 heavy (non-hydrogen) atoms. The number of carbonyl (C=O) groups excluding carboxylic acids is 2. The minimum Gasteiger partial charge on any atom is -0.465 e. The number of hydrogen-bond donors (Lipinski definition) is 1. The van der Waals surface area contributed by atoms with E-state index in [0.717, 1.165) is 0 Å². The average molecular weight is 446 g/mol. The zero-order chi connectivity index (χ0) is 23.5. The predicted molar refractivity (Wildman–Crippen MR) is 120 cm³/mol. The summed E-state index contributed by atoms with van der Waals surface area (Å²) in [5, 5.41) is 11.3. The number of amides is 1. The fraction of sp³-hybridized carbons (Fsp3) is 0.909. The van der Waals surface area contributed by atoms with Crippen molar-refractivity contribution in [2.24, 2.45) is 5.41 Å². The van der Waals surface area contributed by atoms with Crippen molar-refractivity contribution >= 4 is 20.4 Å². The second-order valence-electron chi connectivity index (χ2n) is 10.9. The van der Waals surface area contributed by atoms with Crippen LogP contribution in [0.3, 0.4) is 0 Å². The van der Waals surface area contributed by atoms with Gasteiger partial charge in [0, 0.05) is 13.1 Å².